The van der Waals surface area contributed by atoms with Crippen molar-refractivity contribution in [1.82, 2.24) is 34.5 Å². The number of fused-ring (bicyclic) bond motifs is 1. The van der Waals surface area contributed by atoms with Crippen LogP contribution >= 0.6 is 11.3 Å². The number of rotatable bonds is 7. The first kappa shape index (κ1) is 26.9. The molecule has 12 nitrogen and oxygen atoms in total. The molecule has 1 aliphatic carbocycles. The van der Waals surface area contributed by atoms with Crippen LogP contribution < -0.4 is 9.62 Å². The molecule has 4 heterocycles. The maximum Gasteiger partial charge on any atom is 0.291 e. The largest absolute Gasteiger partial charge is 0.367 e. The van der Waals surface area contributed by atoms with Crippen molar-refractivity contribution in [1.29, 1.82) is 5.26 Å². The van der Waals surface area contributed by atoms with Gasteiger partial charge in [-0.2, -0.15) is 15.1 Å². The van der Waals surface area contributed by atoms with Crippen LogP contribution in [0.5, 0.6) is 0 Å². The summed E-state index contributed by atoms with van der Waals surface area (Å²) in [6.45, 7) is 3.55. The molecule has 2 aromatic heterocycles. The summed E-state index contributed by atoms with van der Waals surface area (Å²) in [5, 5.41) is 21.4. The van der Waals surface area contributed by atoms with Gasteiger partial charge in [0.2, 0.25) is 21.1 Å². The van der Waals surface area contributed by atoms with Crippen LogP contribution in [0.4, 0.5) is 14.5 Å². The molecule has 1 saturated carbocycles. The minimum absolute atomic E-state index is 0.0130. The zero-order chi connectivity index (χ0) is 28.2. The number of amides is 1. The third-order valence-electron chi connectivity index (χ3n) is 7.71. The lowest BCUT2D eigenvalue weighted by atomic mass is 10.1. The monoisotopic (exact) mass is 591 g/mol. The van der Waals surface area contributed by atoms with Crippen molar-refractivity contribution in [3.8, 4) is 11.2 Å². The molecular weight excluding hydrogens is 564 g/mol. The van der Waals surface area contributed by atoms with E-state index < -0.39 is 27.0 Å². The molecule has 212 valence electrons. The Hall–Kier alpha value is -3.26. The highest BCUT2D eigenvalue weighted by atomic mass is 32.2. The van der Waals surface area contributed by atoms with Gasteiger partial charge in [-0.15, -0.1) is 10.2 Å². The van der Waals surface area contributed by atoms with Crippen LogP contribution in [0, 0.1) is 17.2 Å². The Morgan fingerprint density at radius 1 is 1.20 bits per heavy atom. The quantitative estimate of drug-likeness (QED) is 0.435. The molecule has 0 radical (unpaired) electrons. The summed E-state index contributed by atoms with van der Waals surface area (Å²) in [7, 11) is -2.10. The normalized spacial score (nSPS) is 21.3. The Bertz CT molecular complexity index is 1600. The standard InChI is InChI=1S/C24H27F2N9O3S2/c1-32-5-2-15(13-32)22(36)34-8-6-33(7-9-34)18-10-16(40(37,38)31-24(14-27)3-4-24)11-19-17(18)12-28-35(19)23-30-29-21(39-23)20(25)26/h10-12,15,20,31H,2-9,13H2,1H3/t15-/m0/s1. The summed E-state index contributed by atoms with van der Waals surface area (Å²) in [5.74, 6) is 0.126. The molecule has 1 N–H and O–H groups in total. The molecule has 2 aliphatic heterocycles. The molecule has 1 amide bonds. The van der Waals surface area contributed by atoms with Gasteiger partial charge >= 0.3 is 0 Å². The third kappa shape index (κ3) is 4.91. The number of piperazine rings is 1. The number of carbonyl (C=O) groups excluding carboxylic acids is 1. The number of carbonyl (C=O) groups is 1. The second-order valence-corrected chi connectivity index (χ2v) is 13.2. The Labute approximate surface area is 233 Å². The summed E-state index contributed by atoms with van der Waals surface area (Å²) in [6, 6.07) is 4.98. The van der Waals surface area contributed by atoms with E-state index in [2.05, 4.69) is 24.9 Å². The van der Waals surface area contributed by atoms with Crippen LogP contribution in [0.2, 0.25) is 0 Å². The van der Waals surface area contributed by atoms with Crippen LogP contribution in [0.15, 0.2) is 23.2 Å². The number of sulfonamides is 1. The molecule has 3 fully saturated rings. The molecule has 3 aromatic rings. The van der Waals surface area contributed by atoms with Gasteiger partial charge in [0.1, 0.15) is 5.54 Å². The molecule has 0 spiro atoms. The zero-order valence-corrected chi connectivity index (χ0v) is 23.3. The third-order valence-corrected chi connectivity index (χ3v) is 10.1. The molecule has 0 bridgehead atoms. The average Bonchev–Trinajstić information content (AvgIpc) is 3.30. The first-order chi connectivity index (χ1) is 19.1. The van der Waals surface area contributed by atoms with Crippen molar-refractivity contribution < 1.29 is 22.0 Å². The van der Waals surface area contributed by atoms with Crippen molar-refractivity contribution in [2.24, 2.45) is 5.92 Å². The van der Waals surface area contributed by atoms with Gasteiger partial charge in [-0.3, -0.25) is 4.79 Å². The number of nitrogens with one attached hydrogen (secondary N) is 1. The predicted molar refractivity (Wildman–Crippen MR) is 142 cm³/mol. The van der Waals surface area contributed by atoms with E-state index in [4.69, 9.17) is 0 Å². The SMILES string of the molecule is CN1CC[C@H](C(=O)N2CCN(c3cc(S(=O)(=O)NC4(C#N)CC4)cc4c3cnn4-c3nnc(C(F)F)s3)CC2)C1. The highest BCUT2D eigenvalue weighted by Gasteiger charge is 2.47. The second kappa shape index (κ2) is 9.98. The van der Waals surface area contributed by atoms with Gasteiger partial charge in [0.15, 0.2) is 5.01 Å². The lowest BCUT2D eigenvalue weighted by Crippen LogP contribution is -2.50. The van der Waals surface area contributed by atoms with Crippen LogP contribution in [-0.2, 0) is 14.8 Å². The van der Waals surface area contributed by atoms with Crippen molar-refractivity contribution >= 4 is 43.9 Å². The summed E-state index contributed by atoms with van der Waals surface area (Å²) >= 11 is 0.667. The highest BCUT2D eigenvalue weighted by molar-refractivity contribution is 7.89. The van der Waals surface area contributed by atoms with E-state index >= 15 is 0 Å². The summed E-state index contributed by atoms with van der Waals surface area (Å²) in [5.41, 5.74) is -0.193. The number of hydrogen-bond donors (Lipinski definition) is 1. The first-order valence-corrected chi connectivity index (χ1v) is 15.2. The number of anilines is 1. The van der Waals surface area contributed by atoms with Crippen LogP contribution in [-0.4, -0.2) is 96.0 Å². The van der Waals surface area contributed by atoms with Gasteiger partial charge in [-0.25, -0.2) is 21.9 Å². The lowest BCUT2D eigenvalue weighted by molar-refractivity contribution is -0.135. The molecule has 3 aliphatic rings. The number of nitrogens with zero attached hydrogens (tertiary/aromatic N) is 8. The molecule has 6 rings (SSSR count). The molecule has 40 heavy (non-hydrogen) atoms. The van der Waals surface area contributed by atoms with Gasteiger partial charge < -0.3 is 14.7 Å². The van der Waals surface area contributed by atoms with Crippen LogP contribution in [0.1, 0.15) is 30.7 Å². The van der Waals surface area contributed by atoms with Crippen LogP contribution in [0.3, 0.4) is 0 Å². The molecule has 16 heteroatoms. The van der Waals surface area contributed by atoms with Gasteiger partial charge in [-0.1, -0.05) is 11.3 Å². The minimum Gasteiger partial charge on any atom is -0.367 e. The summed E-state index contributed by atoms with van der Waals surface area (Å²) in [4.78, 5) is 19.0. The van der Waals surface area contributed by atoms with Gasteiger partial charge in [-0.05, 0) is 45.0 Å². The number of benzene rings is 1. The lowest BCUT2D eigenvalue weighted by Gasteiger charge is -2.37. The van der Waals surface area contributed by atoms with Crippen molar-refractivity contribution in [2.75, 3.05) is 51.2 Å². The van der Waals surface area contributed by atoms with E-state index in [1.807, 2.05) is 22.9 Å². The smallest absolute Gasteiger partial charge is 0.291 e. The number of nitriles is 1. The fourth-order valence-corrected chi connectivity index (χ4v) is 7.38. The topological polar surface area (TPSA) is 140 Å². The Kier molecular flexibility index (Phi) is 6.72. The second-order valence-electron chi connectivity index (χ2n) is 10.5. The first-order valence-electron chi connectivity index (χ1n) is 12.9. The van der Waals surface area contributed by atoms with E-state index in [0.717, 1.165) is 19.5 Å². The van der Waals surface area contributed by atoms with Gasteiger partial charge in [0.25, 0.3) is 6.43 Å². The fourth-order valence-electron chi connectivity index (χ4n) is 5.29. The van der Waals surface area contributed by atoms with E-state index in [-0.39, 0.29) is 21.9 Å². The van der Waals surface area contributed by atoms with Crippen molar-refractivity contribution in [2.45, 2.75) is 36.1 Å². The van der Waals surface area contributed by atoms with E-state index in [1.165, 1.54) is 16.8 Å². The number of alkyl halides is 2. The summed E-state index contributed by atoms with van der Waals surface area (Å²) < 4.78 is 57.0. The van der Waals surface area contributed by atoms with Crippen molar-refractivity contribution in [3.63, 3.8) is 0 Å². The van der Waals surface area contributed by atoms with E-state index in [9.17, 15) is 27.3 Å². The van der Waals surface area contributed by atoms with Gasteiger partial charge in [0.05, 0.1) is 28.6 Å². The minimum atomic E-state index is -4.11. The summed E-state index contributed by atoms with van der Waals surface area (Å²) in [6.07, 6.45) is 0.424. The molecule has 0 unspecified atom stereocenters. The molecule has 1 atom stereocenters. The average molecular weight is 592 g/mol. The Balaban J connectivity index is 1.35. The number of halogens is 2. The number of aromatic nitrogens is 4. The Morgan fingerprint density at radius 2 is 1.95 bits per heavy atom. The number of likely N-dealkylation sites (tertiary alicyclic amines) is 1. The van der Waals surface area contributed by atoms with Crippen LogP contribution in [0.25, 0.3) is 16.0 Å². The van der Waals surface area contributed by atoms with Gasteiger partial charge in [0, 0.05) is 43.8 Å². The van der Waals surface area contributed by atoms with E-state index in [0.29, 0.717) is 66.9 Å². The molecule has 1 aromatic carbocycles. The maximum absolute atomic E-state index is 13.4. The highest BCUT2D eigenvalue weighted by Crippen LogP contribution is 2.38. The molecule has 2 saturated heterocycles. The predicted octanol–water partition coefficient (Wildman–Crippen LogP) is 1.75. The number of hydrogen-bond acceptors (Lipinski definition) is 10. The Morgan fingerprint density at radius 3 is 2.55 bits per heavy atom. The van der Waals surface area contributed by atoms with Crippen molar-refractivity contribution in [3.05, 3.63) is 23.3 Å². The fraction of sp³-hybridized carbons (Fsp3) is 0.542. The van der Waals surface area contributed by atoms with E-state index in [1.54, 1.807) is 6.20 Å². The molecular formula is C24H27F2N9O3S2. The maximum atomic E-state index is 13.4. The zero-order valence-electron chi connectivity index (χ0n) is 21.6.